The number of thiophene rings is 2. The molecular weight excluding hydrogens is 1710 g/mol. The van der Waals surface area contributed by atoms with Gasteiger partial charge in [0.15, 0.2) is 44.4 Å². The minimum atomic E-state index is -4.65. The summed E-state index contributed by atoms with van der Waals surface area (Å²) >= 11 is 2.52. The molecule has 0 atom stereocenters. The van der Waals surface area contributed by atoms with E-state index in [1.54, 1.807) is 56.3 Å². The summed E-state index contributed by atoms with van der Waals surface area (Å²) in [5, 5.41) is 55.9. The number of halogens is 7. The van der Waals surface area contributed by atoms with Crippen LogP contribution in [0.1, 0.15) is 116 Å². The van der Waals surface area contributed by atoms with Gasteiger partial charge in [0.2, 0.25) is 0 Å². The van der Waals surface area contributed by atoms with Gasteiger partial charge < -0.3 is 34.6 Å². The number of carboxylic acids is 4. The van der Waals surface area contributed by atoms with Gasteiger partial charge in [-0.1, -0.05) is 104 Å². The molecule has 34 heteroatoms. The Morgan fingerprint density at radius 2 is 0.738 bits per heavy atom. The van der Waals surface area contributed by atoms with Crippen LogP contribution in [0.3, 0.4) is 0 Å². The van der Waals surface area contributed by atoms with E-state index in [0.717, 1.165) is 59.0 Å². The Balaban J connectivity index is 0.000000185. The quantitative estimate of drug-likeness (QED) is 0.0386. The lowest BCUT2D eigenvalue weighted by Gasteiger charge is -2.15. The van der Waals surface area contributed by atoms with Crippen molar-refractivity contribution in [3.05, 3.63) is 313 Å². The van der Waals surface area contributed by atoms with Gasteiger partial charge >= 0.3 is 36.2 Å². The molecule has 0 saturated heterocycles. The molecule has 12 aromatic rings. The Bertz CT molecular complexity index is 6570. The first-order valence-corrected chi connectivity index (χ1v) is 44.2. The molecular formula is C88H71F7N2O19S6. The Kier molecular flexibility index (Phi) is 29.8. The number of carboxylic acid groups (broad SMARTS) is 4. The van der Waals surface area contributed by atoms with Gasteiger partial charge in [-0.3, -0.25) is 0 Å². The van der Waals surface area contributed by atoms with Gasteiger partial charge in [-0.05, 0) is 232 Å². The lowest BCUT2D eigenvalue weighted by molar-refractivity contribution is -0.138. The van der Waals surface area contributed by atoms with Crippen molar-refractivity contribution < 1.29 is 118 Å². The van der Waals surface area contributed by atoms with Crippen molar-refractivity contribution in [1.29, 1.82) is 10.5 Å². The van der Waals surface area contributed by atoms with Crippen molar-refractivity contribution in [2.75, 3.05) is 21.3 Å². The average Bonchev–Trinajstić information content (AvgIpc) is 1.02. The molecule has 0 aliphatic carbocycles. The summed E-state index contributed by atoms with van der Waals surface area (Å²) in [5.74, 6) is -7.86. The van der Waals surface area contributed by atoms with Crippen LogP contribution in [0.5, 0.6) is 16.6 Å². The highest BCUT2D eigenvalue weighted by Crippen LogP contribution is 2.43. The number of nitriles is 2. The molecule has 2 aromatic heterocycles. The van der Waals surface area contributed by atoms with E-state index in [2.05, 4.69) is 0 Å². The molecule has 0 aliphatic rings. The maximum atomic E-state index is 13.7. The number of sulfone groups is 4. The van der Waals surface area contributed by atoms with Gasteiger partial charge in [-0.2, -0.15) is 36.9 Å². The Morgan fingerprint density at radius 3 is 1.09 bits per heavy atom. The zero-order valence-corrected chi connectivity index (χ0v) is 69.9. The first-order chi connectivity index (χ1) is 57.5. The molecule has 21 nitrogen and oxygen atoms in total. The van der Waals surface area contributed by atoms with Gasteiger partial charge in [0, 0.05) is 14.6 Å². The molecule has 2 heterocycles. The fraction of sp³-hybridized carbons (Fsp3) is 0.159. The number of hydrogen-bond acceptors (Lipinski definition) is 19. The summed E-state index contributed by atoms with van der Waals surface area (Å²) in [5.41, 5.74) is 2.54. The second-order valence-corrected chi connectivity index (χ2v) is 36.8. The second kappa shape index (κ2) is 39.1. The maximum absolute atomic E-state index is 13.7. The van der Waals surface area contributed by atoms with E-state index < -0.39 is 116 Å². The highest BCUT2D eigenvalue weighted by atomic mass is 32.2. The largest absolute Gasteiger partial charge is 0.495 e. The van der Waals surface area contributed by atoms with E-state index in [9.17, 15) is 115 Å². The van der Waals surface area contributed by atoms with Crippen molar-refractivity contribution in [3.8, 4) is 71.8 Å². The van der Waals surface area contributed by atoms with E-state index in [4.69, 9.17) is 14.2 Å². The number of methoxy groups -OCH3 is 3. The minimum absolute atomic E-state index is 0.00347. The summed E-state index contributed by atoms with van der Waals surface area (Å²) in [6.45, 7) is 5.28. The van der Waals surface area contributed by atoms with Gasteiger partial charge in [0.05, 0.1) is 111 Å². The van der Waals surface area contributed by atoms with Crippen LogP contribution in [-0.4, -0.2) is 99.3 Å². The lowest BCUT2D eigenvalue weighted by atomic mass is 9.98. The van der Waals surface area contributed by atoms with Crippen molar-refractivity contribution in [2.24, 2.45) is 0 Å². The highest BCUT2D eigenvalue weighted by molar-refractivity contribution is 7.91. The zero-order valence-electron chi connectivity index (χ0n) is 65.0. The van der Waals surface area contributed by atoms with Crippen LogP contribution in [0.15, 0.2) is 244 Å². The predicted octanol–water partition coefficient (Wildman–Crippen LogP) is 19.6. The molecule has 632 valence electrons. The van der Waals surface area contributed by atoms with Gasteiger partial charge in [-0.15, -0.1) is 11.3 Å². The average molecular weight is 1790 g/mol. The Labute approximate surface area is 704 Å². The lowest BCUT2D eigenvalue weighted by Crippen LogP contribution is -2.12. The molecule has 122 heavy (non-hydrogen) atoms. The Morgan fingerprint density at radius 1 is 0.377 bits per heavy atom. The molecule has 0 radical (unpaired) electrons. The van der Waals surface area contributed by atoms with Crippen LogP contribution < -0.4 is 14.2 Å². The number of aryl methyl sites for hydroxylation is 3. The van der Waals surface area contributed by atoms with Crippen LogP contribution in [0, 0.1) is 35.4 Å². The Hall–Kier alpha value is -12.8. The van der Waals surface area contributed by atoms with E-state index in [1.165, 1.54) is 141 Å². The summed E-state index contributed by atoms with van der Waals surface area (Å²) in [4.78, 5) is 46.5. The number of rotatable bonds is 25. The first-order valence-electron chi connectivity index (χ1n) is 35.9. The number of ether oxygens (including phenoxy) is 3. The zero-order chi connectivity index (χ0) is 89.6. The molecule has 12 rings (SSSR count). The van der Waals surface area contributed by atoms with Crippen molar-refractivity contribution in [1.82, 2.24) is 0 Å². The number of aromatic carboxylic acids is 4. The number of benzene rings is 10. The number of nitrogens with zero attached hydrogens (tertiary/aromatic N) is 2. The SMILES string of the molecule is CCc1ccc(C(=O)O)cc1S(=O)(=O)Cc1cc(C(F)(F)F)ccc1-c1ccc(C)s1.CCc1ccc(C(=O)O)cc1S(=O)(=O)Cc1cc(C(F)(F)F)ccc1-c1ccc(OC)s1.COc1ccc(C(=O)O)cc1S(=O)(=O)Cc1cc(C#N)ccc1-c1cccc(F)c1.COc1ccc(C(=O)O)cc1S(=O)(=O)Cc1cc(C#N)ccc1-c1ccccc1. The monoisotopic (exact) mass is 1780 g/mol. The van der Waals surface area contributed by atoms with Crippen molar-refractivity contribution in [3.63, 3.8) is 0 Å². The topological polar surface area (TPSA) is 361 Å². The number of carbonyl (C=O) groups is 4. The summed E-state index contributed by atoms with van der Waals surface area (Å²) in [6, 6.07) is 55.9. The fourth-order valence-corrected chi connectivity index (χ4v) is 21.0. The van der Waals surface area contributed by atoms with Gasteiger partial charge in [0.1, 0.15) is 27.1 Å². The highest BCUT2D eigenvalue weighted by Gasteiger charge is 2.35. The molecule has 10 aromatic carbocycles. The fourth-order valence-electron chi connectivity index (χ4n) is 12.6. The summed E-state index contributed by atoms with van der Waals surface area (Å²) in [6.07, 6.45) is -8.64. The van der Waals surface area contributed by atoms with Crippen LogP contribution in [0.4, 0.5) is 30.7 Å². The third-order valence-corrected chi connectivity index (χ3v) is 27.5. The second-order valence-electron chi connectivity index (χ2n) is 26.7. The van der Waals surface area contributed by atoms with Crippen LogP contribution in [-0.2, 0) is 87.6 Å². The summed E-state index contributed by atoms with van der Waals surface area (Å²) < 4.78 is 215. The van der Waals surface area contributed by atoms with Crippen LogP contribution in [0.25, 0.3) is 43.1 Å². The van der Waals surface area contributed by atoms with E-state index in [0.29, 0.717) is 77.7 Å². The van der Waals surface area contributed by atoms with Crippen LogP contribution >= 0.6 is 22.7 Å². The predicted molar refractivity (Wildman–Crippen MR) is 443 cm³/mol. The van der Waals surface area contributed by atoms with Crippen LogP contribution in [0.2, 0.25) is 0 Å². The van der Waals surface area contributed by atoms with E-state index in [1.807, 2.05) is 55.5 Å². The maximum Gasteiger partial charge on any atom is 0.416 e. The minimum Gasteiger partial charge on any atom is -0.495 e. The number of hydrogen-bond donors (Lipinski definition) is 4. The third kappa shape index (κ3) is 23.0. The molecule has 0 amide bonds. The summed E-state index contributed by atoms with van der Waals surface area (Å²) in [7, 11) is -12.3. The van der Waals surface area contributed by atoms with E-state index >= 15 is 0 Å². The van der Waals surface area contributed by atoms with Crippen molar-refractivity contribution >= 4 is 85.9 Å². The molecule has 0 bridgehead atoms. The van der Waals surface area contributed by atoms with Gasteiger partial charge in [0.25, 0.3) is 0 Å². The van der Waals surface area contributed by atoms with Crippen molar-refractivity contribution in [2.45, 2.75) is 88.6 Å². The van der Waals surface area contributed by atoms with E-state index in [-0.39, 0.29) is 75.6 Å². The standard InChI is InChI=1S/C22H19F3O5S2.C22H19F3O4S2.C22H16FNO5S.C22H17NO5S/c1-3-13-4-5-14(21(26)27)11-19(13)32(28,29)12-15-10-16(22(23,24)25)6-7-17(15)18-8-9-20(30-2)31-18;1-3-14-5-6-15(21(26)27)11-20(14)31(28,29)12-16-10-17(22(23,24)25)7-8-18(16)19-9-4-13(2)30-19;1-29-20-8-6-16(22(25)26)11-21(20)30(27,28)13-17-9-14(12-24)5-7-19(17)15-3-2-4-18(23)10-15;1-28-20-10-8-17(22(24)25)12-21(20)29(26,27)14-18-11-15(13-23)7-9-19(18)16-5-3-2-4-6-16/h4-11H,3,12H2,1-2H3,(H,26,27);4-11H,3,12H2,1-2H3,(H,26,27);2-11H,13H2,1H3,(H,25,26);2-12H,14H2,1H3,(H,24,25). The molecule has 0 aliphatic heterocycles. The molecule has 4 N–H and O–H groups in total. The van der Waals surface area contributed by atoms with Gasteiger partial charge in [-0.25, -0.2) is 57.2 Å². The molecule has 0 saturated carbocycles. The smallest absolute Gasteiger partial charge is 0.416 e. The molecule has 0 spiro atoms. The molecule has 0 fully saturated rings. The normalized spacial score (nSPS) is 11.5. The third-order valence-electron chi connectivity index (χ3n) is 18.5. The first kappa shape index (κ1) is 93.0. The molecule has 0 unspecified atom stereocenters. The number of alkyl halides is 6.